The molecule has 3 aromatic rings. The second-order valence-corrected chi connectivity index (χ2v) is 12.6. The van der Waals surface area contributed by atoms with Crippen LogP contribution in [-0.4, -0.2) is 81.3 Å². The van der Waals surface area contributed by atoms with E-state index in [9.17, 15) is 38.6 Å². The lowest BCUT2D eigenvalue weighted by Gasteiger charge is -2.34. The molecular formula is C27H35N7O11S. The van der Waals surface area contributed by atoms with E-state index in [1.165, 1.54) is 28.7 Å². The number of rotatable bonds is 15. The van der Waals surface area contributed by atoms with E-state index in [0.717, 1.165) is 0 Å². The summed E-state index contributed by atoms with van der Waals surface area (Å²) in [4.78, 5) is 51.2. The Morgan fingerprint density at radius 3 is 2.52 bits per heavy atom. The van der Waals surface area contributed by atoms with Crippen LogP contribution in [0.3, 0.4) is 0 Å². The van der Waals surface area contributed by atoms with Crippen molar-refractivity contribution >= 4 is 27.3 Å². The van der Waals surface area contributed by atoms with Gasteiger partial charge in [0.15, 0.2) is 0 Å². The lowest BCUT2D eigenvalue weighted by Crippen LogP contribution is -2.43. The number of sulfonamides is 1. The molecule has 3 heterocycles. The fraction of sp³-hybridized carbons (Fsp3) is 0.519. The van der Waals surface area contributed by atoms with Gasteiger partial charge in [0.1, 0.15) is 35.3 Å². The molecular weight excluding hydrogens is 630 g/mol. The number of fused-ring (bicyclic) bond motifs is 1. The highest BCUT2D eigenvalue weighted by molar-refractivity contribution is 7.89. The Hall–Kier alpha value is -4.78. The fourth-order valence-corrected chi connectivity index (χ4v) is 7.10. The molecule has 1 fully saturated rings. The summed E-state index contributed by atoms with van der Waals surface area (Å²) in [5.74, 6) is -0.180. The summed E-state index contributed by atoms with van der Waals surface area (Å²) in [5, 5.41) is 31.8. The third kappa shape index (κ3) is 7.20. The standard InChI is InChI=1S/C27H35N7O11S/c1-4-6-19-21(15-28-36)31(3)25-24(19)29-26(30-27(25)35)20-14-18(7-8-22(20)43-13-5-2)46(41,42)32-11-9-17(10-12-32)23(45-34(39)40)16-44-33(37)38/h7-8,14-15,17,23,36H,4-6,9-13,16H2,1-3H3,(H,29,30,35)/b28-15+/t23-/m0/s1. The van der Waals surface area contributed by atoms with Gasteiger partial charge in [0, 0.05) is 25.7 Å². The van der Waals surface area contributed by atoms with Crippen LogP contribution in [0.5, 0.6) is 5.75 Å². The first kappa shape index (κ1) is 34.1. The zero-order chi connectivity index (χ0) is 33.6. The van der Waals surface area contributed by atoms with Crippen LogP contribution >= 0.6 is 0 Å². The quantitative estimate of drug-likeness (QED) is 0.103. The number of hydrogen-bond acceptors (Lipinski definition) is 13. The third-order valence-corrected chi connectivity index (χ3v) is 9.66. The summed E-state index contributed by atoms with van der Waals surface area (Å²) in [5.41, 5.74) is 1.59. The Bertz CT molecular complexity index is 1780. The lowest BCUT2D eigenvalue weighted by atomic mass is 9.92. The minimum atomic E-state index is -4.11. The van der Waals surface area contributed by atoms with Crippen molar-refractivity contribution in [3.8, 4) is 17.1 Å². The van der Waals surface area contributed by atoms with Crippen LogP contribution in [0.25, 0.3) is 22.4 Å². The molecule has 0 aliphatic carbocycles. The van der Waals surface area contributed by atoms with E-state index < -0.39 is 44.4 Å². The Morgan fingerprint density at radius 1 is 1.20 bits per heavy atom. The van der Waals surface area contributed by atoms with Gasteiger partial charge in [0.05, 0.1) is 29.0 Å². The Morgan fingerprint density at radius 2 is 1.91 bits per heavy atom. The highest BCUT2D eigenvalue weighted by Crippen LogP contribution is 2.34. The van der Waals surface area contributed by atoms with Gasteiger partial charge in [-0.25, -0.2) is 13.4 Å². The van der Waals surface area contributed by atoms with Crippen LogP contribution in [0.4, 0.5) is 0 Å². The van der Waals surface area contributed by atoms with E-state index in [-0.39, 0.29) is 47.7 Å². The molecule has 0 spiro atoms. The van der Waals surface area contributed by atoms with Gasteiger partial charge in [-0.1, -0.05) is 25.4 Å². The van der Waals surface area contributed by atoms with E-state index >= 15 is 0 Å². The molecule has 0 amide bonds. The first-order valence-corrected chi connectivity index (χ1v) is 16.0. The fourth-order valence-electron chi connectivity index (χ4n) is 5.60. The van der Waals surface area contributed by atoms with Gasteiger partial charge in [0.2, 0.25) is 10.0 Å². The van der Waals surface area contributed by atoms with E-state index in [0.29, 0.717) is 48.4 Å². The number of oxime groups is 1. The van der Waals surface area contributed by atoms with E-state index in [1.54, 1.807) is 11.6 Å². The van der Waals surface area contributed by atoms with E-state index in [1.807, 2.05) is 13.8 Å². The van der Waals surface area contributed by atoms with Gasteiger partial charge in [-0.05, 0) is 49.8 Å². The monoisotopic (exact) mass is 665 g/mol. The second-order valence-electron chi connectivity index (χ2n) is 10.7. The molecule has 4 rings (SSSR count). The van der Waals surface area contributed by atoms with Crippen molar-refractivity contribution in [2.75, 3.05) is 26.3 Å². The zero-order valence-corrected chi connectivity index (χ0v) is 26.3. The molecule has 18 nitrogen and oxygen atoms in total. The molecule has 0 radical (unpaired) electrons. The van der Waals surface area contributed by atoms with Gasteiger partial charge < -0.3 is 29.2 Å². The van der Waals surface area contributed by atoms with E-state index in [2.05, 4.69) is 19.8 Å². The second kappa shape index (κ2) is 14.5. The molecule has 1 saturated heterocycles. The molecule has 1 aliphatic heterocycles. The van der Waals surface area contributed by atoms with Crippen molar-refractivity contribution in [3.63, 3.8) is 0 Å². The molecule has 19 heteroatoms. The van der Waals surface area contributed by atoms with Crippen LogP contribution in [0.1, 0.15) is 50.8 Å². The van der Waals surface area contributed by atoms with Crippen LogP contribution in [0.2, 0.25) is 0 Å². The van der Waals surface area contributed by atoms with Gasteiger partial charge in [0.25, 0.3) is 15.7 Å². The maximum atomic E-state index is 13.8. The molecule has 0 bridgehead atoms. The minimum absolute atomic E-state index is 0.0346. The van der Waals surface area contributed by atoms with Crippen molar-refractivity contribution in [2.24, 2.45) is 18.1 Å². The zero-order valence-electron chi connectivity index (χ0n) is 25.4. The molecule has 0 unspecified atom stereocenters. The highest BCUT2D eigenvalue weighted by atomic mass is 32.2. The minimum Gasteiger partial charge on any atom is -0.493 e. The Labute approximate surface area is 262 Å². The molecule has 2 aromatic heterocycles. The maximum absolute atomic E-state index is 13.8. The van der Waals surface area contributed by atoms with Crippen LogP contribution in [-0.2, 0) is 33.2 Å². The molecule has 46 heavy (non-hydrogen) atoms. The van der Waals surface area contributed by atoms with Crippen molar-refractivity contribution in [1.29, 1.82) is 0 Å². The van der Waals surface area contributed by atoms with Gasteiger partial charge in [-0.15, -0.1) is 20.2 Å². The predicted octanol–water partition coefficient (Wildman–Crippen LogP) is 2.66. The van der Waals surface area contributed by atoms with E-state index in [4.69, 9.17) is 9.72 Å². The lowest BCUT2D eigenvalue weighted by molar-refractivity contribution is -0.791. The van der Waals surface area contributed by atoms with Gasteiger partial charge >= 0.3 is 0 Å². The molecule has 1 atom stereocenters. The largest absolute Gasteiger partial charge is 0.493 e. The molecule has 1 aromatic carbocycles. The Kier molecular flexibility index (Phi) is 10.8. The number of nitrogens with one attached hydrogen (secondary N) is 1. The number of aromatic amines is 1. The van der Waals surface area contributed by atoms with Crippen molar-refractivity contribution in [1.82, 2.24) is 18.8 Å². The number of piperidine rings is 1. The Balaban J connectivity index is 1.71. The number of ether oxygens (including phenoxy) is 1. The van der Waals surface area contributed by atoms with Gasteiger partial charge in [-0.2, -0.15) is 4.31 Å². The summed E-state index contributed by atoms with van der Waals surface area (Å²) in [6.07, 6.45) is 2.15. The topological polar surface area (TPSA) is 235 Å². The van der Waals surface area contributed by atoms with Crippen molar-refractivity contribution < 1.29 is 38.2 Å². The van der Waals surface area contributed by atoms with Crippen LogP contribution in [0.15, 0.2) is 33.0 Å². The first-order valence-electron chi connectivity index (χ1n) is 14.6. The number of H-pyrrole nitrogens is 1. The number of aromatic nitrogens is 3. The average molecular weight is 666 g/mol. The normalized spacial score (nSPS) is 15.3. The van der Waals surface area contributed by atoms with Crippen LogP contribution < -0.4 is 10.3 Å². The summed E-state index contributed by atoms with van der Waals surface area (Å²) >= 11 is 0. The van der Waals surface area contributed by atoms with Crippen molar-refractivity contribution in [3.05, 3.63) is 60.0 Å². The van der Waals surface area contributed by atoms with Crippen LogP contribution in [0, 0.1) is 26.1 Å². The van der Waals surface area contributed by atoms with Crippen molar-refractivity contribution in [2.45, 2.75) is 57.0 Å². The predicted molar refractivity (Wildman–Crippen MR) is 162 cm³/mol. The highest BCUT2D eigenvalue weighted by Gasteiger charge is 2.35. The maximum Gasteiger partial charge on any atom is 0.294 e. The smallest absolute Gasteiger partial charge is 0.294 e. The summed E-state index contributed by atoms with van der Waals surface area (Å²) in [6.45, 7) is 3.44. The number of nitrogens with zero attached hydrogens (tertiary/aromatic N) is 6. The first-order chi connectivity index (χ1) is 21.9. The number of aryl methyl sites for hydroxylation is 2. The average Bonchev–Trinajstić information content (AvgIpc) is 3.28. The molecule has 250 valence electrons. The molecule has 1 aliphatic rings. The molecule has 0 saturated carbocycles. The SMILES string of the molecule is CCCOc1ccc(S(=O)(=O)N2CCC([C@H](CO[N+](=O)[O-])O[N+](=O)[O-])CC2)cc1-c1nc2c(CCC)c(/C=N/O)n(C)c2c(=O)[nH]1. The third-order valence-electron chi connectivity index (χ3n) is 7.76. The summed E-state index contributed by atoms with van der Waals surface area (Å²) < 4.78 is 36.3. The molecule has 2 N–H and O–H groups in total. The summed E-state index contributed by atoms with van der Waals surface area (Å²) in [7, 11) is -2.46. The van der Waals surface area contributed by atoms with Gasteiger partial charge in [-0.3, -0.25) is 4.79 Å². The number of benzene rings is 1. The number of hydrogen-bond donors (Lipinski definition) is 2. The summed E-state index contributed by atoms with van der Waals surface area (Å²) in [6, 6.07) is 4.25.